The molecule has 102 valence electrons. The van der Waals surface area contributed by atoms with E-state index in [1.165, 1.54) is 32.1 Å². The van der Waals surface area contributed by atoms with Gasteiger partial charge in [0.15, 0.2) is 5.82 Å². The van der Waals surface area contributed by atoms with Gasteiger partial charge >= 0.3 is 0 Å². The molecule has 1 heterocycles. The van der Waals surface area contributed by atoms with Crippen LogP contribution in [0.1, 0.15) is 76.4 Å². The Hall–Kier alpha value is -0.900. The summed E-state index contributed by atoms with van der Waals surface area (Å²) >= 11 is 0. The zero-order valence-corrected chi connectivity index (χ0v) is 11.9. The van der Waals surface area contributed by atoms with Crippen LogP contribution in [0, 0.1) is 0 Å². The molecule has 2 rings (SSSR count). The van der Waals surface area contributed by atoms with Crippen molar-refractivity contribution in [3.05, 3.63) is 11.6 Å². The predicted molar refractivity (Wildman–Crippen MR) is 73.3 cm³/mol. The van der Waals surface area contributed by atoms with Gasteiger partial charge in [-0.2, -0.15) is 5.10 Å². The molecule has 18 heavy (non-hydrogen) atoms. The first-order valence-electron chi connectivity index (χ1n) is 7.31. The second kappa shape index (κ2) is 5.39. The van der Waals surface area contributed by atoms with E-state index >= 15 is 0 Å². The quantitative estimate of drug-likeness (QED) is 0.894. The van der Waals surface area contributed by atoms with Gasteiger partial charge in [-0.3, -0.25) is 4.68 Å². The molecule has 1 aliphatic carbocycles. The van der Waals surface area contributed by atoms with Crippen LogP contribution in [0.2, 0.25) is 0 Å². The molecule has 0 bridgehead atoms. The number of aromatic nitrogens is 3. The summed E-state index contributed by atoms with van der Waals surface area (Å²) in [6.45, 7) is 4.25. The fourth-order valence-corrected chi connectivity index (χ4v) is 2.94. The zero-order chi connectivity index (χ0) is 13.2. The van der Waals surface area contributed by atoms with E-state index in [0.29, 0.717) is 5.92 Å². The molecule has 0 radical (unpaired) electrons. The predicted octanol–water partition coefficient (Wildman–Crippen LogP) is 2.84. The smallest absolute Gasteiger partial charge is 0.154 e. The molecule has 0 saturated heterocycles. The van der Waals surface area contributed by atoms with E-state index in [1.54, 1.807) is 0 Å². The highest BCUT2D eigenvalue weighted by atomic mass is 15.3. The molecule has 0 amide bonds. The summed E-state index contributed by atoms with van der Waals surface area (Å²) in [6, 6.07) is 0. The van der Waals surface area contributed by atoms with Crippen LogP contribution in [0.25, 0.3) is 0 Å². The van der Waals surface area contributed by atoms with Gasteiger partial charge < -0.3 is 5.73 Å². The largest absolute Gasteiger partial charge is 0.319 e. The molecule has 0 aliphatic heterocycles. The van der Waals surface area contributed by atoms with Gasteiger partial charge in [0.25, 0.3) is 0 Å². The number of aryl methyl sites for hydroxylation is 1. The fourth-order valence-electron chi connectivity index (χ4n) is 2.94. The lowest BCUT2D eigenvalue weighted by Gasteiger charge is -2.25. The second-order valence-corrected chi connectivity index (χ2v) is 5.62. The van der Waals surface area contributed by atoms with Crippen LogP contribution in [0.4, 0.5) is 0 Å². The van der Waals surface area contributed by atoms with Crippen LogP contribution < -0.4 is 5.73 Å². The van der Waals surface area contributed by atoms with Gasteiger partial charge in [-0.25, -0.2) is 4.98 Å². The maximum Gasteiger partial charge on any atom is 0.154 e. The molecular formula is C14H26N4. The molecule has 4 nitrogen and oxygen atoms in total. The van der Waals surface area contributed by atoms with Gasteiger partial charge in [-0.15, -0.1) is 0 Å². The van der Waals surface area contributed by atoms with Crippen molar-refractivity contribution in [3.63, 3.8) is 0 Å². The molecule has 1 aromatic rings. The van der Waals surface area contributed by atoms with Crippen LogP contribution in [-0.2, 0) is 12.6 Å². The normalized spacial score (nSPS) is 18.2. The highest BCUT2D eigenvalue weighted by molar-refractivity contribution is 5.09. The average molecular weight is 250 g/mol. The van der Waals surface area contributed by atoms with Crippen LogP contribution in [0.15, 0.2) is 0 Å². The lowest BCUT2D eigenvalue weighted by molar-refractivity contribution is 0.370. The lowest BCUT2D eigenvalue weighted by Crippen LogP contribution is -2.38. The number of nitrogens with zero attached hydrogens (tertiary/aromatic N) is 3. The van der Waals surface area contributed by atoms with Gasteiger partial charge in [0.2, 0.25) is 0 Å². The third-order valence-electron chi connectivity index (χ3n) is 4.46. The third-order valence-corrected chi connectivity index (χ3v) is 4.46. The van der Waals surface area contributed by atoms with E-state index in [2.05, 4.69) is 18.9 Å². The van der Waals surface area contributed by atoms with Gasteiger partial charge in [-0.1, -0.05) is 33.1 Å². The Morgan fingerprint density at radius 3 is 2.39 bits per heavy atom. The maximum atomic E-state index is 6.44. The van der Waals surface area contributed by atoms with Gasteiger partial charge in [0.1, 0.15) is 5.82 Å². The van der Waals surface area contributed by atoms with Gasteiger partial charge in [0.05, 0.1) is 5.54 Å². The Bertz CT molecular complexity index is 386. The van der Waals surface area contributed by atoms with Crippen molar-refractivity contribution in [1.82, 2.24) is 14.8 Å². The number of nitrogens with two attached hydrogens (primary N) is 1. The van der Waals surface area contributed by atoms with Crippen molar-refractivity contribution >= 4 is 0 Å². The van der Waals surface area contributed by atoms with Crippen molar-refractivity contribution in [3.8, 4) is 0 Å². The summed E-state index contributed by atoms with van der Waals surface area (Å²) in [4.78, 5) is 4.77. The Labute approximate surface area is 110 Å². The molecule has 1 aliphatic rings. The van der Waals surface area contributed by atoms with Crippen LogP contribution in [-0.4, -0.2) is 14.8 Å². The summed E-state index contributed by atoms with van der Waals surface area (Å²) in [6.07, 6.45) is 8.26. The standard InChI is InChI=1S/C14H26N4/c1-4-14(15,5-2)13-16-12(17-18(13)3)11-9-7-6-8-10-11/h11H,4-10,15H2,1-3H3. The van der Waals surface area contributed by atoms with E-state index in [-0.39, 0.29) is 5.54 Å². The van der Waals surface area contributed by atoms with Crippen LogP contribution >= 0.6 is 0 Å². The topological polar surface area (TPSA) is 56.7 Å². The lowest BCUT2D eigenvalue weighted by atomic mass is 9.88. The average Bonchev–Trinajstić information content (AvgIpc) is 2.81. The summed E-state index contributed by atoms with van der Waals surface area (Å²) in [5.74, 6) is 2.52. The Morgan fingerprint density at radius 2 is 1.83 bits per heavy atom. The Kier molecular flexibility index (Phi) is 4.05. The van der Waals surface area contributed by atoms with Crippen LogP contribution in [0.5, 0.6) is 0 Å². The highest BCUT2D eigenvalue weighted by Gasteiger charge is 2.30. The molecule has 4 heteroatoms. The number of hydrogen-bond donors (Lipinski definition) is 1. The zero-order valence-electron chi connectivity index (χ0n) is 11.9. The van der Waals surface area contributed by atoms with Crippen LogP contribution in [0.3, 0.4) is 0 Å². The minimum absolute atomic E-state index is 0.325. The Balaban J connectivity index is 2.25. The molecule has 2 N–H and O–H groups in total. The second-order valence-electron chi connectivity index (χ2n) is 5.62. The van der Waals surface area contributed by atoms with E-state index in [9.17, 15) is 0 Å². The minimum Gasteiger partial charge on any atom is -0.319 e. The number of hydrogen-bond acceptors (Lipinski definition) is 3. The van der Waals surface area contributed by atoms with E-state index in [1.807, 2.05) is 11.7 Å². The van der Waals surface area contributed by atoms with Crippen molar-refractivity contribution in [2.75, 3.05) is 0 Å². The van der Waals surface area contributed by atoms with Crippen molar-refractivity contribution in [1.29, 1.82) is 0 Å². The first kappa shape index (κ1) is 13.5. The molecule has 0 atom stereocenters. The molecule has 1 saturated carbocycles. The molecular weight excluding hydrogens is 224 g/mol. The van der Waals surface area contributed by atoms with Crippen molar-refractivity contribution < 1.29 is 0 Å². The van der Waals surface area contributed by atoms with Gasteiger partial charge in [-0.05, 0) is 25.7 Å². The van der Waals surface area contributed by atoms with E-state index in [0.717, 1.165) is 24.5 Å². The van der Waals surface area contributed by atoms with Crippen molar-refractivity contribution in [2.45, 2.75) is 70.3 Å². The van der Waals surface area contributed by atoms with Gasteiger partial charge in [0, 0.05) is 13.0 Å². The molecule has 1 fully saturated rings. The van der Waals surface area contributed by atoms with Crippen molar-refractivity contribution in [2.24, 2.45) is 12.8 Å². The first-order valence-corrected chi connectivity index (χ1v) is 7.31. The molecule has 0 aromatic carbocycles. The third kappa shape index (κ3) is 2.44. The molecule has 0 unspecified atom stereocenters. The summed E-state index contributed by atoms with van der Waals surface area (Å²) in [5.41, 5.74) is 6.11. The molecule has 1 aromatic heterocycles. The van der Waals surface area contributed by atoms with E-state index in [4.69, 9.17) is 10.7 Å². The molecule has 0 spiro atoms. The first-order chi connectivity index (χ1) is 8.60. The SMILES string of the molecule is CCC(N)(CC)c1nc(C2CCCCC2)nn1C. The van der Waals surface area contributed by atoms with E-state index < -0.39 is 0 Å². The Morgan fingerprint density at radius 1 is 1.22 bits per heavy atom. The number of rotatable bonds is 4. The highest BCUT2D eigenvalue weighted by Crippen LogP contribution is 2.32. The fraction of sp³-hybridized carbons (Fsp3) is 0.857. The maximum absolute atomic E-state index is 6.44. The summed E-state index contributed by atoms with van der Waals surface area (Å²) in [7, 11) is 1.97. The minimum atomic E-state index is -0.325. The summed E-state index contributed by atoms with van der Waals surface area (Å²) < 4.78 is 1.90. The summed E-state index contributed by atoms with van der Waals surface area (Å²) in [5, 5.41) is 4.62. The monoisotopic (exact) mass is 250 g/mol.